The van der Waals surface area contributed by atoms with Gasteiger partial charge < -0.3 is 24.2 Å². The standard InChI is InChI=1S/C25H27ClN6O3/c1-3-23(33)32-9-8-17(15-32)30(2)22-7-5-20-24(29-22)25(28-16-27-20)35-18-4-6-21(19(26)14-18)31-10-12-34-13-11-31/h3-7,14,16-17H,1,8-13,15H2,2H3. The number of amides is 1. The van der Waals surface area contributed by atoms with Gasteiger partial charge in [-0.05, 0) is 36.8 Å². The lowest BCUT2D eigenvalue weighted by Gasteiger charge is -2.29. The number of anilines is 2. The molecule has 2 fully saturated rings. The second-order valence-corrected chi connectivity index (χ2v) is 8.98. The molecule has 2 aromatic heterocycles. The average molecular weight is 495 g/mol. The van der Waals surface area contributed by atoms with Crippen LogP contribution < -0.4 is 14.5 Å². The third-order valence-corrected chi connectivity index (χ3v) is 6.78. The van der Waals surface area contributed by atoms with Crippen LogP contribution in [0, 0.1) is 0 Å². The Bertz CT molecular complexity index is 1250. The van der Waals surface area contributed by atoms with Crippen molar-refractivity contribution < 1.29 is 14.3 Å². The molecule has 5 rings (SSSR count). The molecule has 182 valence electrons. The lowest BCUT2D eigenvalue weighted by molar-refractivity contribution is -0.125. The minimum absolute atomic E-state index is 0.0465. The number of hydrogen-bond acceptors (Lipinski definition) is 8. The highest BCUT2D eigenvalue weighted by Crippen LogP contribution is 2.34. The first-order valence-corrected chi connectivity index (χ1v) is 12.0. The summed E-state index contributed by atoms with van der Waals surface area (Å²) in [4.78, 5) is 31.6. The molecule has 1 unspecified atom stereocenters. The summed E-state index contributed by atoms with van der Waals surface area (Å²) in [7, 11) is 1.98. The van der Waals surface area contributed by atoms with E-state index in [1.165, 1.54) is 12.4 Å². The number of aromatic nitrogens is 3. The number of carbonyl (C=O) groups is 1. The number of hydrogen-bond donors (Lipinski definition) is 0. The Morgan fingerprint density at radius 1 is 1.23 bits per heavy atom. The van der Waals surface area contributed by atoms with Crippen molar-refractivity contribution >= 4 is 40.0 Å². The summed E-state index contributed by atoms with van der Waals surface area (Å²) in [6.45, 7) is 7.90. The monoisotopic (exact) mass is 494 g/mol. The summed E-state index contributed by atoms with van der Waals surface area (Å²) in [6, 6.07) is 9.60. The number of ether oxygens (including phenoxy) is 2. The van der Waals surface area contributed by atoms with E-state index in [1.54, 1.807) is 11.0 Å². The normalized spacial score (nSPS) is 18.1. The Labute approximate surface area is 208 Å². The Hall–Kier alpha value is -3.43. The third kappa shape index (κ3) is 4.87. The van der Waals surface area contributed by atoms with Crippen molar-refractivity contribution in [3.05, 3.63) is 54.3 Å². The molecule has 0 saturated carbocycles. The molecule has 1 atom stereocenters. The van der Waals surface area contributed by atoms with E-state index in [4.69, 9.17) is 26.1 Å². The van der Waals surface area contributed by atoms with Crippen LogP contribution in [0.2, 0.25) is 5.02 Å². The van der Waals surface area contributed by atoms with Gasteiger partial charge in [0.1, 0.15) is 17.9 Å². The second-order valence-electron chi connectivity index (χ2n) is 8.57. The maximum Gasteiger partial charge on any atom is 0.249 e. The highest BCUT2D eigenvalue weighted by molar-refractivity contribution is 6.33. The number of likely N-dealkylation sites (tertiary alicyclic amines) is 1. The minimum Gasteiger partial charge on any atom is -0.437 e. The fraction of sp³-hybridized carbons (Fsp3) is 0.360. The highest BCUT2D eigenvalue weighted by Gasteiger charge is 2.28. The molecule has 0 N–H and O–H groups in total. The fourth-order valence-corrected chi connectivity index (χ4v) is 4.77. The van der Waals surface area contributed by atoms with E-state index in [0.29, 0.717) is 54.0 Å². The minimum atomic E-state index is -0.0465. The van der Waals surface area contributed by atoms with Gasteiger partial charge in [0, 0.05) is 45.3 Å². The number of morpholine rings is 1. The van der Waals surface area contributed by atoms with Crippen LogP contribution in [0.3, 0.4) is 0 Å². The first-order chi connectivity index (χ1) is 17.0. The van der Waals surface area contributed by atoms with Gasteiger partial charge in [0.15, 0.2) is 5.52 Å². The van der Waals surface area contributed by atoms with Gasteiger partial charge in [-0.25, -0.2) is 9.97 Å². The maximum atomic E-state index is 12.0. The zero-order chi connectivity index (χ0) is 24.4. The summed E-state index contributed by atoms with van der Waals surface area (Å²) in [6.07, 6.45) is 3.68. The van der Waals surface area contributed by atoms with E-state index >= 15 is 0 Å². The summed E-state index contributed by atoms with van der Waals surface area (Å²) in [5, 5.41) is 0.607. The molecular weight excluding hydrogens is 468 g/mol. The number of rotatable bonds is 6. The summed E-state index contributed by atoms with van der Waals surface area (Å²) >= 11 is 6.58. The van der Waals surface area contributed by atoms with E-state index in [0.717, 1.165) is 31.0 Å². The van der Waals surface area contributed by atoms with E-state index in [9.17, 15) is 4.79 Å². The van der Waals surface area contributed by atoms with Gasteiger partial charge in [0.25, 0.3) is 0 Å². The van der Waals surface area contributed by atoms with Gasteiger partial charge in [0.2, 0.25) is 11.8 Å². The summed E-state index contributed by atoms with van der Waals surface area (Å²) < 4.78 is 11.5. The predicted molar refractivity (Wildman–Crippen MR) is 135 cm³/mol. The van der Waals surface area contributed by atoms with Crippen molar-refractivity contribution in [2.24, 2.45) is 0 Å². The molecule has 0 spiro atoms. The molecule has 0 radical (unpaired) electrons. The van der Waals surface area contributed by atoms with Crippen molar-refractivity contribution in [3.63, 3.8) is 0 Å². The van der Waals surface area contributed by atoms with Gasteiger partial charge in [-0.1, -0.05) is 18.2 Å². The van der Waals surface area contributed by atoms with E-state index in [-0.39, 0.29) is 11.9 Å². The quantitative estimate of drug-likeness (QED) is 0.481. The number of benzene rings is 1. The van der Waals surface area contributed by atoms with Crippen LogP contribution in [0.4, 0.5) is 11.5 Å². The predicted octanol–water partition coefficient (Wildman–Crippen LogP) is 3.53. The molecule has 2 aliphatic heterocycles. The first kappa shape index (κ1) is 23.3. The van der Waals surface area contributed by atoms with Gasteiger partial charge in [0.05, 0.1) is 29.4 Å². The van der Waals surface area contributed by atoms with Crippen LogP contribution >= 0.6 is 11.6 Å². The molecule has 1 aromatic carbocycles. The smallest absolute Gasteiger partial charge is 0.249 e. The molecular formula is C25H27ClN6O3. The van der Waals surface area contributed by atoms with Crippen molar-refractivity contribution in [1.82, 2.24) is 19.9 Å². The number of fused-ring (bicyclic) bond motifs is 1. The second kappa shape index (κ2) is 10.1. The van der Waals surface area contributed by atoms with Crippen LogP contribution in [0.1, 0.15) is 6.42 Å². The SMILES string of the molecule is C=CC(=O)N1CCC(N(C)c2ccc3ncnc(Oc4ccc(N5CCOCC5)c(Cl)c4)c3n2)C1. The maximum absolute atomic E-state index is 12.0. The summed E-state index contributed by atoms with van der Waals surface area (Å²) in [5.41, 5.74) is 2.19. The topological polar surface area (TPSA) is 83.9 Å². The fourth-order valence-electron chi connectivity index (χ4n) is 4.48. The van der Waals surface area contributed by atoms with E-state index < -0.39 is 0 Å². The Kier molecular flexibility index (Phi) is 6.70. The average Bonchev–Trinajstić information content (AvgIpc) is 3.39. The van der Waals surface area contributed by atoms with Crippen molar-refractivity contribution in [2.75, 3.05) is 56.2 Å². The van der Waals surface area contributed by atoms with Crippen LogP contribution in [-0.4, -0.2) is 78.2 Å². The molecule has 1 amide bonds. The lowest BCUT2D eigenvalue weighted by atomic mass is 10.2. The lowest BCUT2D eigenvalue weighted by Crippen LogP contribution is -2.36. The largest absolute Gasteiger partial charge is 0.437 e. The van der Waals surface area contributed by atoms with Crippen LogP contribution in [0.15, 0.2) is 49.3 Å². The van der Waals surface area contributed by atoms with Crippen molar-refractivity contribution in [2.45, 2.75) is 12.5 Å². The van der Waals surface area contributed by atoms with Crippen molar-refractivity contribution in [3.8, 4) is 11.6 Å². The third-order valence-electron chi connectivity index (χ3n) is 6.48. The molecule has 35 heavy (non-hydrogen) atoms. The molecule has 9 nitrogen and oxygen atoms in total. The van der Waals surface area contributed by atoms with Crippen molar-refractivity contribution in [1.29, 1.82) is 0 Å². The molecule has 0 bridgehead atoms. The molecule has 2 saturated heterocycles. The van der Waals surface area contributed by atoms with Gasteiger partial charge in [-0.2, -0.15) is 4.98 Å². The van der Waals surface area contributed by atoms with Gasteiger partial charge in [-0.3, -0.25) is 4.79 Å². The molecule has 2 aliphatic rings. The summed E-state index contributed by atoms with van der Waals surface area (Å²) in [5.74, 6) is 1.64. The van der Waals surface area contributed by atoms with Gasteiger partial charge in [-0.15, -0.1) is 0 Å². The number of halogens is 1. The number of nitrogens with zero attached hydrogens (tertiary/aromatic N) is 6. The molecule has 3 aromatic rings. The molecule has 0 aliphatic carbocycles. The first-order valence-electron chi connectivity index (χ1n) is 11.6. The zero-order valence-electron chi connectivity index (χ0n) is 19.6. The van der Waals surface area contributed by atoms with Crippen LogP contribution in [0.5, 0.6) is 11.6 Å². The number of likely N-dealkylation sites (N-methyl/N-ethyl adjacent to an activating group) is 1. The zero-order valence-corrected chi connectivity index (χ0v) is 20.3. The van der Waals surface area contributed by atoms with Gasteiger partial charge >= 0.3 is 0 Å². The number of pyridine rings is 1. The molecule has 10 heteroatoms. The van der Waals surface area contributed by atoms with Crippen LogP contribution in [-0.2, 0) is 9.53 Å². The molecule has 4 heterocycles. The Morgan fingerprint density at radius 2 is 2.06 bits per heavy atom. The Balaban J connectivity index is 1.37. The Morgan fingerprint density at radius 3 is 2.83 bits per heavy atom. The van der Waals surface area contributed by atoms with E-state index in [2.05, 4.69) is 26.3 Å². The van der Waals surface area contributed by atoms with E-state index in [1.807, 2.05) is 31.3 Å². The number of carbonyl (C=O) groups excluding carboxylic acids is 1. The van der Waals surface area contributed by atoms with Crippen LogP contribution in [0.25, 0.3) is 11.0 Å². The highest BCUT2D eigenvalue weighted by atomic mass is 35.5.